The second-order valence-corrected chi connectivity index (χ2v) is 7.24. The van der Waals surface area contributed by atoms with Crippen LogP contribution in [0.25, 0.3) is 10.2 Å². The van der Waals surface area contributed by atoms with E-state index in [4.69, 9.17) is 4.98 Å². The number of para-hydroxylation sites is 1. The summed E-state index contributed by atoms with van der Waals surface area (Å²) >= 11 is 1.55. The van der Waals surface area contributed by atoms with Crippen molar-refractivity contribution >= 4 is 45.0 Å². The van der Waals surface area contributed by atoms with Crippen LogP contribution in [0.15, 0.2) is 30.5 Å². The van der Waals surface area contributed by atoms with Gasteiger partial charge in [0.2, 0.25) is 0 Å². The first-order valence-electron chi connectivity index (χ1n) is 8.35. The molecule has 3 rings (SSSR count). The summed E-state index contributed by atoms with van der Waals surface area (Å²) in [5.41, 5.74) is 2.54. The smallest absolute Gasteiger partial charge is 0.280 e. The molecule has 2 aromatic heterocycles. The lowest BCUT2D eigenvalue weighted by molar-refractivity contribution is 0.0979. The molecule has 8 heteroatoms. The standard InChI is InChI=1S/C18H23N5OS.ClH/c1-5-22-10-9-14(20-22)17(24)23(12-11-21(3)4)18-19-16-13(2)7-6-8-15(16)25-18;/h6-10H,5,11-12H2,1-4H3;1H. The predicted molar refractivity (Wildman–Crippen MR) is 110 cm³/mol. The third-order valence-electron chi connectivity index (χ3n) is 4.04. The summed E-state index contributed by atoms with van der Waals surface area (Å²) in [5.74, 6) is -0.106. The molecule has 0 N–H and O–H groups in total. The molecule has 3 aromatic rings. The van der Waals surface area contributed by atoms with E-state index in [0.717, 1.165) is 34.0 Å². The first-order valence-corrected chi connectivity index (χ1v) is 9.17. The molecular weight excluding hydrogens is 370 g/mol. The number of nitrogens with zero attached hydrogens (tertiary/aromatic N) is 5. The number of hydrogen-bond donors (Lipinski definition) is 0. The van der Waals surface area contributed by atoms with E-state index in [2.05, 4.69) is 10.00 Å². The van der Waals surface area contributed by atoms with E-state index in [-0.39, 0.29) is 18.3 Å². The highest BCUT2D eigenvalue weighted by Crippen LogP contribution is 2.31. The van der Waals surface area contributed by atoms with Gasteiger partial charge < -0.3 is 4.90 Å². The third-order valence-corrected chi connectivity index (χ3v) is 5.08. The van der Waals surface area contributed by atoms with Gasteiger partial charge in [0.1, 0.15) is 0 Å². The molecule has 1 amide bonds. The first-order chi connectivity index (χ1) is 12.0. The third kappa shape index (κ3) is 4.23. The van der Waals surface area contributed by atoms with Crippen LogP contribution in [0.2, 0.25) is 0 Å². The number of thiazole rings is 1. The van der Waals surface area contributed by atoms with Crippen LogP contribution in [-0.2, 0) is 6.54 Å². The van der Waals surface area contributed by atoms with Crippen LogP contribution in [0.3, 0.4) is 0 Å². The molecule has 0 unspecified atom stereocenters. The monoisotopic (exact) mass is 393 g/mol. The van der Waals surface area contributed by atoms with E-state index in [0.29, 0.717) is 12.2 Å². The van der Waals surface area contributed by atoms with Crippen molar-refractivity contribution in [1.82, 2.24) is 19.7 Å². The summed E-state index contributed by atoms with van der Waals surface area (Å²) in [6.45, 7) is 6.12. The zero-order chi connectivity index (χ0) is 18.0. The molecule has 0 aliphatic rings. The minimum absolute atomic E-state index is 0. The minimum atomic E-state index is -0.106. The van der Waals surface area contributed by atoms with E-state index in [1.165, 1.54) is 0 Å². The molecule has 0 saturated heterocycles. The average Bonchev–Trinajstić information content (AvgIpc) is 3.22. The molecule has 0 fully saturated rings. The van der Waals surface area contributed by atoms with Gasteiger partial charge in [-0.2, -0.15) is 5.10 Å². The number of hydrogen-bond acceptors (Lipinski definition) is 5. The zero-order valence-electron chi connectivity index (χ0n) is 15.5. The van der Waals surface area contributed by atoms with Crippen LogP contribution in [0.4, 0.5) is 5.13 Å². The molecule has 140 valence electrons. The highest BCUT2D eigenvalue weighted by atomic mass is 35.5. The highest BCUT2D eigenvalue weighted by Gasteiger charge is 2.23. The summed E-state index contributed by atoms with van der Waals surface area (Å²) in [6.07, 6.45) is 1.83. The van der Waals surface area contributed by atoms with Crippen molar-refractivity contribution in [2.75, 3.05) is 32.1 Å². The van der Waals surface area contributed by atoms with Gasteiger partial charge in [-0.1, -0.05) is 23.5 Å². The van der Waals surface area contributed by atoms with Crippen molar-refractivity contribution in [1.29, 1.82) is 0 Å². The van der Waals surface area contributed by atoms with E-state index in [9.17, 15) is 4.79 Å². The number of carbonyl (C=O) groups excluding carboxylic acids is 1. The fourth-order valence-electron chi connectivity index (χ4n) is 2.56. The Kier molecular flexibility index (Phi) is 6.75. The fourth-order valence-corrected chi connectivity index (χ4v) is 3.63. The average molecular weight is 394 g/mol. The minimum Gasteiger partial charge on any atom is -0.308 e. The Morgan fingerprint density at radius 3 is 2.62 bits per heavy atom. The Morgan fingerprint density at radius 1 is 1.23 bits per heavy atom. The quantitative estimate of drug-likeness (QED) is 0.643. The van der Waals surface area contributed by atoms with Gasteiger partial charge in [-0.3, -0.25) is 14.4 Å². The summed E-state index contributed by atoms with van der Waals surface area (Å²) in [6, 6.07) is 7.88. The number of aromatic nitrogens is 3. The predicted octanol–water partition coefficient (Wildman–Crippen LogP) is 3.45. The first kappa shape index (κ1) is 20.4. The second kappa shape index (κ2) is 8.62. The summed E-state index contributed by atoms with van der Waals surface area (Å²) in [5, 5.41) is 5.09. The molecular formula is C18H24ClN5OS. The van der Waals surface area contributed by atoms with Crippen molar-refractivity contribution in [3.8, 4) is 0 Å². The number of rotatable bonds is 6. The number of aryl methyl sites for hydroxylation is 2. The maximum absolute atomic E-state index is 13.0. The molecule has 0 spiro atoms. The van der Waals surface area contributed by atoms with E-state index in [1.54, 1.807) is 27.0 Å². The Morgan fingerprint density at radius 2 is 2.00 bits per heavy atom. The summed E-state index contributed by atoms with van der Waals surface area (Å²) in [7, 11) is 3.99. The number of likely N-dealkylation sites (N-methyl/N-ethyl adjacent to an activating group) is 1. The lowest BCUT2D eigenvalue weighted by Crippen LogP contribution is -2.37. The van der Waals surface area contributed by atoms with Gasteiger partial charge in [0.05, 0.1) is 10.2 Å². The van der Waals surface area contributed by atoms with Crippen molar-refractivity contribution in [3.05, 3.63) is 41.7 Å². The molecule has 0 bridgehead atoms. The Hall–Kier alpha value is -1.96. The van der Waals surface area contributed by atoms with Crippen LogP contribution in [0, 0.1) is 6.92 Å². The maximum atomic E-state index is 13.0. The molecule has 0 saturated carbocycles. The molecule has 0 aliphatic heterocycles. The summed E-state index contributed by atoms with van der Waals surface area (Å²) < 4.78 is 2.86. The van der Waals surface area contributed by atoms with Gasteiger partial charge in [0.15, 0.2) is 10.8 Å². The van der Waals surface area contributed by atoms with Gasteiger partial charge in [0.25, 0.3) is 5.91 Å². The number of anilines is 1. The molecule has 1 aromatic carbocycles. The zero-order valence-corrected chi connectivity index (χ0v) is 17.1. The summed E-state index contributed by atoms with van der Waals surface area (Å²) in [4.78, 5) is 21.6. The van der Waals surface area contributed by atoms with Crippen molar-refractivity contribution in [2.24, 2.45) is 0 Å². The lowest BCUT2D eigenvalue weighted by atomic mass is 10.2. The topological polar surface area (TPSA) is 54.3 Å². The molecule has 26 heavy (non-hydrogen) atoms. The van der Waals surface area contributed by atoms with Crippen LogP contribution in [-0.4, -0.2) is 52.8 Å². The number of fused-ring (bicyclic) bond motifs is 1. The van der Waals surface area contributed by atoms with Crippen molar-refractivity contribution < 1.29 is 4.79 Å². The second-order valence-electron chi connectivity index (χ2n) is 6.23. The number of amides is 1. The van der Waals surface area contributed by atoms with Crippen LogP contribution < -0.4 is 4.90 Å². The molecule has 6 nitrogen and oxygen atoms in total. The fraction of sp³-hybridized carbons (Fsp3) is 0.389. The molecule has 0 aliphatic carbocycles. The van der Waals surface area contributed by atoms with Gasteiger partial charge in [0, 0.05) is 25.8 Å². The van der Waals surface area contributed by atoms with Crippen LogP contribution >= 0.6 is 23.7 Å². The lowest BCUT2D eigenvalue weighted by Gasteiger charge is -2.21. The van der Waals surface area contributed by atoms with Gasteiger partial charge in [-0.05, 0) is 45.6 Å². The van der Waals surface area contributed by atoms with E-state index < -0.39 is 0 Å². The van der Waals surface area contributed by atoms with Crippen LogP contribution in [0.5, 0.6) is 0 Å². The Labute approximate surface area is 163 Å². The van der Waals surface area contributed by atoms with Crippen LogP contribution in [0.1, 0.15) is 23.0 Å². The normalized spacial score (nSPS) is 11.0. The maximum Gasteiger partial charge on any atom is 0.280 e. The molecule has 0 atom stereocenters. The number of halogens is 1. The number of carbonyl (C=O) groups is 1. The van der Waals surface area contributed by atoms with Gasteiger partial charge in [-0.25, -0.2) is 4.98 Å². The largest absolute Gasteiger partial charge is 0.308 e. The SMILES string of the molecule is CCn1ccc(C(=O)N(CCN(C)C)c2nc3c(C)cccc3s2)n1.Cl. The number of benzene rings is 1. The van der Waals surface area contributed by atoms with Gasteiger partial charge >= 0.3 is 0 Å². The Balaban J connectivity index is 0.00000243. The Bertz CT molecular complexity index is 889. The molecule has 0 radical (unpaired) electrons. The van der Waals surface area contributed by atoms with E-state index in [1.807, 2.05) is 52.3 Å². The van der Waals surface area contributed by atoms with Gasteiger partial charge in [-0.15, -0.1) is 12.4 Å². The van der Waals surface area contributed by atoms with Crippen molar-refractivity contribution in [3.63, 3.8) is 0 Å². The van der Waals surface area contributed by atoms with E-state index >= 15 is 0 Å². The van der Waals surface area contributed by atoms with Crippen molar-refractivity contribution in [2.45, 2.75) is 20.4 Å². The highest BCUT2D eigenvalue weighted by molar-refractivity contribution is 7.22. The molecule has 2 heterocycles.